The van der Waals surface area contributed by atoms with Crippen molar-refractivity contribution in [1.29, 1.82) is 0 Å². The topological polar surface area (TPSA) is 87.9 Å². The molecule has 2 aliphatic heterocycles. The highest BCUT2D eigenvalue weighted by atomic mass is 16.5. The maximum absolute atomic E-state index is 13.5. The fourth-order valence-electron chi connectivity index (χ4n) is 4.44. The van der Waals surface area contributed by atoms with Gasteiger partial charge in [-0.05, 0) is 37.0 Å². The molecule has 2 aromatic rings. The minimum Gasteiger partial charge on any atom is -0.497 e. The highest BCUT2D eigenvalue weighted by Crippen LogP contribution is 2.38. The largest absolute Gasteiger partial charge is 0.497 e. The van der Waals surface area contributed by atoms with E-state index in [1.165, 1.54) is 0 Å². The third kappa shape index (κ3) is 3.79. The molecule has 160 valence electrons. The van der Waals surface area contributed by atoms with E-state index in [4.69, 9.17) is 4.74 Å². The Labute approximate surface area is 176 Å². The normalized spacial score (nSPS) is 18.8. The highest BCUT2D eigenvalue weighted by molar-refractivity contribution is 5.94. The molecule has 0 unspecified atom stereocenters. The summed E-state index contributed by atoms with van der Waals surface area (Å²) in [4.78, 5) is 34.1. The standard InChI is InChI=1S/C22H28N4O4/c1-24-11-8-23-19(24)20(28)26-14-22(15-26,13-16-4-3-5-18(12-16)30-2)21(29)25-9-6-17(27)7-10-25/h3-5,8,11-12,17,27H,6-7,9-10,13-15H2,1-2H3. The zero-order valence-corrected chi connectivity index (χ0v) is 17.5. The average Bonchev–Trinajstić information content (AvgIpc) is 3.16. The summed E-state index contributed by atoms with van der Waals surface area (Å²) in [6.45, 7) is 1.81. The lowest BCUT2D eigenvalue weighted by Gasteiger charge is -2.51. The number of ether oxygens (including phenoxy) is 1. The van der Waals surface area contributed by atoms with Gasteiger partial charge in [0.25, 0.3) is 5.91 Å². The van der Waals surface area contributed by atoms with Gasteiger partial charge in [-0.2, -0.15) is 0 Å². The number of aliphatic hydroxyl groups is 1. The number of rotatable bonds is 5. The number of benzene rings is 1. The van der Waals surface area contributed by atoms with Crippen molar-refractivity contribution in [1.82, 2.24) is 19.4 Å². The second-order valence-electron chi connectivity index (χ2n) is 8.35. The maximum Gasteiger partial charge on any atom is 0.289 e. The summed E-state index contributed by atoms with van der Waals surface area (Å²) in [6.07, 6.45) is 4.72. The van der Waals surface area contributed by atoms with E-state index >= 15 is 0 Å². The summed E-state index contributed by atoms with van der Waals surface area (Å²) in [6, 6.07) is 7.72. The van der Waals surface area contributed by atoms with Crippen LogP contribution in [-0.2, 0) is 18.3 Å². The van der Waals surface area contributed by atoms with E-state index in [0.717, 1.165) is 11.3 Å². The van der Waals surface area contributed by atoms with E-state index in [1.54, 1.807) is 36.0 Å². The summed E-state index contributed by atoms with van der Waals surface area (Å²) < 4.78 is 7.03. The number of nitrogens with zero attached hydrogens (tertiary/aromatic N) is 4. The van der Waals surface area contributed by atoms with E-state index in [-0.39, 0.29) is 17.9 Å². The molecule has 2 fully saturated rings. The molecule has 0 aliphatic carbocycles. The van der Waals surface area contributed by atoms with Gasteiger partial charge in [-0.3, -0.25) is 9.59 Å². The highest BCUT2D eigenvalue weighted by Gasteiger charge is 2.53. The Balaban J connectivity index is 1.55. The minimum atomic E-state index is -0.671. The molecule has 2 amide bonds. The zero-order valence-electron chi connectivity index (χ0n) is 17.5. The van der Waals surface area contributed by atoms with Crippen molar-refractivity contribution in [3.63, 3.8) is 0 Å². The van der Waals surface area contributed by atoms with Crippen LogP contribution in [0, 0.1) is 5.41 Å². The van der Waals surface area contributed by atoms with Gasteiger partial charge in [-0.25, -0.2) is 4.98 Å². The van der Waals surface area contributed by atoms with Crippen molar-refractivity contribution in [2.45, 2.75) is 25.4 Å². The Morgan fingerprint density at radius 3 is 2.60 bits per heavy atom. The number of piperidine rings is 1. The number of aromatic nitrogens is 2. The molecule has 30 heavy (non-hydrogen) atoms. The Hall–Kier alpha value is -2.87. The van der Waals surface area contributed by atoms with Crippen LogP contribution in [0.2, 0.25) is 0 Å². The van der Waals surface area contributed by atoms with Crippen molar-refractivity contribution < 1.29 is 19.4 Å². The number of likely N-dealkylation sites (tertiary alicyclic amines) is 2. The molecule has 2 aliphatic rings. The van der Waals surface area contributed by atoms with Crippen molar-refractivity contribution in [3.05, 3.63) is 48.0 Å². The lowest BCUT2D eigenvalue weighted by Crippen LogP contribution is -2.66. The molecule has 8 heteroatoms. The number of aryl methyl sites for hydroxylation is 1. The quantitative estimate of drug-likeness (QED) is 0.795. The molecule has 1 N–H and O–H groups in total. The summed E-state index contributed by atoms with van der Waals surface area (Å²) in [7, 11) is 3.41. The minimum absolute atomic E-state index is 0.0566. The van der Waals surface area contributed by atoms with Crippen LogP contribution < -0.4 is 4.74 Å². The molecule has 8 nitrogen and oxygen atoms in total. The van der Waals surface area contributed by atoms with Crippen LogP contribution in [-0.4, -0.2) is 75.7 Å². The summed E-state index contributed by atoms with van der Waals surface area (Å²) >= 11 is 0. The van der Waals surface area contributed by atoms with Crippen molar-refractivity contribution >= 4 is 11.8 Å². The van der Waals surface area contributed by atoms with Crippen LogP contribution in [0.3, 0.4) is 0 Å². The Kier molecular flexibility index (Phi) is 5.51. The Morgan fingerprint density at radius 2 is 1.97 bits per heavy atom. The van der Waals surface area contributed by atoms with Crippen molar-refractivity contribution in [3.8, 4) is 5.75 Å². The van der Waals surface area contributed by atoms with Gasteiger partial charge in [-0.1, -0.05) is 12.1 Å². The van der Waals surface area contributed by atoms with E-state index in [0.29, 0.717) is 51.3 Å². The van der Waals surface area contributed by atoms with Gasteiger partial charge in [0, 0.05) is 45.6 Å². The second-order valence-corrected chi connectivity index (χ2v) is 8.35. The summed E-state index contributed by atoms with van der Waals surface area (Å²) in [5, 5.41) is 9.81. The number of imidazole rings is 1. The lowest BCUT2D eigenvalue weighted by atomic mass is 9.73. The number of aliphatic hydroxyl groups excluding tert-OH is 1. The molecule has 0 atom stereocenters. The van der Waals surface area contributed by atoms with Gasteiger partial charge in [-0.15, -0.1) is 0 Å². The van der Waals surface area contributed by atoms with Gasteiger partial charge in [0.2, 0.25) is 5.91 Å². The first-order chi connectivity index (χ1) is 14.4. The number of amides is 2. The van der Waals surface area contributed by atoms with Crippen LogP contribution in [0.5, 0.6) is 5.75 Å². The van der Waals surface area contributed by atoms with Crippen LogP contribution in [0.25, 0.3) is 0 Å². The number of hydrogen-bond donors (Lipinski definition) is 1. The van der Waals surface area contributed by atoms with Gasteiger partial charge >= 0.3 is 0 Å². The molecular weight excluding hydrogens is 384 g/mol. The van der Waals surface area contributed by atoms with Gasteiger partial charge in [0.1, 0.15) is 5.75 Å². The Bertz CT molecular complexity index is 927. The van der Waals surface area contributed by atoms with Crippen molar-refractivity contribution in [2.75, 3.05) is 33.3 Å². The summed E-state index contributed by atoms with van der Waals surface area (Å²) in [5.74, 6) is 1.02. The molecule has 1 aromatic heterocycles. The average molecular weight is 412 g/mol. The van der Waals surface area contributed by atoms with Gasteiger partial charge < -0.3 is 24.2 Å². The second kappa shape index (κ2) is 8.10. The summed E-state index contributed by atoms with van der Waals surface area (Å²) in [5.41, 5.74) is 0.332. The zero-order chi connectivity index (χ0) is 21.3. The molecule has 0 saturated carbocycles. The monoisotopic (exact) mass is 412 g/mol. The van der Waals surface area contributed by atoms with Gasteiger partial charge in [0.05, 0.1) is 18.6 Å². The fourth-order valence-corrected chi connectivity index (χ4v) is 4.44. The fraction of sp³-hybridized carbons (Fsp3) is 0.500. The molecule has 0 bridgehead atoms. The number of methoxy groups -OCH3 is 1. The van der Waals surface area contributed by atoms with Crippen LogP contribution in [0.15, 0.2) is 36.7 Å². The first-order valence-corrected chi connectivity index (χ1v) is 10.3. The first-order valence-electron chi connectivity index (χ1n) is 10.3. The first kappa shape index (κ1) is 20.4. The molecule has 3 heterocycles. The molecule has 2 saturated heterocycles. The predicted octanol–water partition coefficient (Wildman–Crippen LogP) is 1.10. The third-order valence-electron chi connectivity index (χ3n) is 6.17. The molecule has 0 spiro atoms. The van der Waals surface area contributed by atoms with E-state index < -0.39 is 5.41 Å². The lowest BCUT2D eigenvalue weighted by molar-refractivity contribution is -0.153. The van der Waals surface area contributed by atoms with Crippen LogP contribution in [0.4, 0.5) is 0 Å². The van der Waals surface area contributed by atoms with E-state index in [2.05, 4.69) is 4.98 Å². The van der Waals surface area contributed by atoms with Gasteiger partial charge in [0.15, 0.2) is 5.82 Å². The smallest absolute Gasteiger partial charge is 0.289 e. The molecule has 0 radical (unpaired) electrons. The molecule has 1 aromatic carbocycles. The molecule has 4 rings (SSSR count). The van der Waals surface area contributed by atoms with Crippen molar-refractivity contribution in [2.24, 2.45) is 12.5 Å². The third-order valence-corrected chi connectivity index (χ3v) is 6.17. The van der Waals surface area contributed by atoms with Crippen LogP contribution in [0.1, 0.15) is 29.0 Å². The maximum atomic E-state index is 13.5. The van der Waals surface area contributed by atoms with E-state index in [9.17, 15) is 14.7 Å². The number of hydrogen-bond acceptors (Lipinski definition) is 5. The Morgan fingerprint density at radius 1 is 1.23 bits per heavy atom. The molecular formula is C22H28N4O4. The number of carbonyl (C=O) groups excluding carboxylic acids is 2. The van der Waals surface area contributed by atoms with E-state index in [1.807, 2.05) is 29.2 Å². The predicted molar refractivity (Wildman–Crippen MR) is 110 cm³/mol. The van der Waals surface area contributed by atoms with Crippen LogP contribution >= 0.6 is 0 Å². The number of carbonyl (C=O) groups is 2. The SMILES string of the molecule is COc1cccc(CC2(C(=O)N3CCC(O)CC3)CN(C(=O)c3nccn3C)C2)c1.